The standard InChI is InChI=1S/C12H21N3OS/c1-8(2)15-4-5-16-11(6-15)12-14-10(7-17-12)9(3)13/h7-9,11H,4-6,13H2,1-3H3. The summed E-state index contributed by atoms with van der Waals surface area (Å²) in [6.45, 7) is 9.13. The van der Waals surface area contributed by atoms with Gasteiger partial charge in [-0.05, 0) is 20.8 Å². The lowest BCUT2D eigenvalue weighted by atomic mass is 10.2. The van der Waals surface area contributed by atoms with Gasteiger partial charge in [-0.1, -0.05) is 0 Å². The summed E-state index contributed by atoms with van der Waals surface area (Å²) in [6, 6.07) is 0.569. The van der Waals surface area contributed by atoms with Crippen molar-refractivity contribution in [1.82, 2.24) is 9.88 Å². The molecule has 17 heavy (non-hydrogen) atoms. The zero-order valence-electron chi connectivity index (χ0n) is 10.7. The van der Waals surface area contributed by atoms with Crippen LogP contribution in [0.15, 0.2) is 5.38 Å². The molecule has 0 aliphatic carbocycles. The molecular weight excluding hydrogens is 234 g/mol. The van der Waals surface area contributed by atoms with Gasteiger partial charge in [0.05, 0.1) is 12.3 Å². The molecule has 0 aromatic carbocycles. The van der Waals surface area contributed by atoms with Crippen LogP contribution < -0.4 is 5.73 Å². The molecule has 1 fully saturated rings. The fourth-order valence-electron chi connectivity index (χ4n) is 1.95. The summed E-state index contributed by atoms with van der Waals surface area (Å²) in [5.41, 5.74) is 6.79. The topological polar surface area (TPSA) is 51.4 Å². The first-order valence-electron chi connectivity index (χ1n) is 6.14. The van der Waals surface area contributed by atoms with Gasteiger partial charge in [-0.25, -0.2) is 4.98 Å². The number of nitrogens with zero attached hydrogens (tertiary/aromatic N) is 2. The van der Waals surface area contributed by atoms with Gasteiger partial charge < -0.3 is 10.5 Å². The quantitative estimate of drug-likeness (QED) is 0.897. The number of ether oxygens (including phenoxy) is 1. The van der Waals surface area contributed by atoms with Crippen LogP contribution in [0.4, 0.5) is 0 Å². The minimum Gasteiger partial charge on any atom is -0.368 e. The Morgan fingerprint density at radius 2 is 2.29 bits per heavy atom. The highest BCUT2D eigenvalue weighted by atomic mass is 32.1. The molecule has 1 saturated heterocycles. The summed E-state index contributed by atoms with van der Waals surface area (Å²) in [5.74, 6) is 0. The number of nitrogens with two attached hydrogens (primary N) is 1. The third-order valence-electron chi connectivity index (χ3n) is 3.11. The summed E-state index contributed by atoms with van der Waals surface area (Å²) in [5, 5.41) is 3.10. The Bertz CT molecular complexity index is 364. The number of hydrogen-bond acceptors (Lipinski definition) is 5. The average molecular weight is 255 g/mol. The molecular formula is C12H21N3OS. The van der Waals surface area contributed by atoms with Gasteiger partial charge in [-0.15, -0.1) is 11.3 Å². The first-order chi connectivity index (χ1) is 8.08. The Kier molecular flexibility index (Phi) is 4.14. The second-order valence-corrected chi connectivity index (χ2v) is 5.74. The SMILES string of the molecule is CC(N)c1csc(C2CN(C(C)C)CCO2)n1. The molecule has 0 spiro atoms. The number of rotatable bonds is 3. The van der Waals surface area contributed by atoms with Crippen LogP contribution in [0, 0.1) is 0 Å². The minimum absolute atomic E-state index is 0.00444. The molecule has 1 aromatic rings. The lowest BCUT2D eigenvalue weighted by Crippen LogP contribution is -2.42. The van der Waals surface area contributed by atoms with E-state index in [2.05, 4.69) is 23.7 Å². The van der Waals surface area contributed by atoms with Crippen molar-refractivity contribution in [2.75, 3.05) is 19.7 Å². The van der Waals surface area contributed by atoms with Crippen molar-refractivity contribution < 1.29 is 4.74 Å². The molecule has 5 heteroatoms. The van der Waals surface area contributed by atoms with Gasteiger partial charge in [0.1, 0.15) is 11.1 Å². The van der Waals surface area contributed by atoms with E-state index in [9.17, 15) is 0 Å². The molecule has 0 saturated carbocycles. The van der Waals surface area contributed by atoms with Crippen molar-refractivity contribution in [3.8, 4) is 0 Å². The van der Waals surface area contributed by atoms with E-state index in [-0.39, 0.29) is 12.1 Å². The predicted molar refractivity (Wildman–Crippen MR) is 70.1 cm³/mol. The van der Waals surface area contributed by atoms with E-state index in [1.54, 1.807) is 11.3 Å². The van der Waals surface area contributed by atoms with E-state index < -0.39 is 0 Å². The molecule has 96 valence electrons. The second-order valence-electron chi connectivity index (χ2n) is 4.85. The van der Waals surface area contributed by atoms with E-state index in [0.717, 1.165) is 30.4 Å². The third-order valence-corrected chi connectivity index (χ3v) is 4.06. The van der Waals surface area contributed by atoms with Crippen LogP contribution in [0.1, 0.15) is 43.6 Å². The van der Waals surface area contributed by atoms with Crippen molar-refractivity contribution in [3.63, 3.8) is 0 Å². The Labute approximate surface area is 107 Å². The minimum atomic E-state index is 0.00444. The van der Waals surface area contributed by atoms with Crippen molar-refractivity contribution in [1.29, 1.82) is 0 Å². The van der Waals surface area contributed by atoms with Gasteiger partial charge in [0.25, 0.3) is 0 Å². The summed E-state index contributed by atoms with van der Waals surface area (Å²) in [6.07, 6.45) is 0.114. The van der Waals surface area contributed by atoms with Crippen LogP contribution >= 0.6 is 11.3 Å². The first kappa shape index (κ1) is 13.0. The van der Waals surface area contributed by atoms with Crippen LogP contribution in [0.3, 0.4) is 0 Å². The van der Waals surface area contributed by atoms with E-state index in [1.807, 2.05) is 12.3 Å². The van der Waals surface area contributed by atoms with Crippen molar-refractivity contribution >= 4 is 11.3 Å². The largest absolute Gasteiger partial charge is 0.368 e. The van der Waals surface area contributed by atoms with Crippen LogP contribution in [-0.2, 0) is 4.74 Å². The molecule has 2 rings (SSSR count). The maximum atomic E-state index is 5.83. The first-order valence-corrected chi connectivity index (χ1v) is 7.02. The Hall–Kier alpha value is -0.490. The van der Waals surface area contributed by atoms with E-state index in [4.69, 9.17) is 10.5 Å². The Balaban J connectivity index is 2.05. The number of morpholine rings is 1. The molecule has 0 amide bonds. The summed E-state index contributed by atoms with van der Waals surface area (Å²) < 4.78 is 5.80. The monoisotopic (exact) mass is 255 g/mol. The fraction of sp³-hybridized carbons (Fsp3) is 0.750. The summed E-state index contributed by atoms with van der Waals surface area (Å²) >= 11 is 1.66. The normalized spacial score (nSPS) is 24.2. The lowest BCUT2D eigenvalue weighted by molar-refractivity contribution is -0.0403. The average Bonchev–Trinajstić information content (AvgIpc) is 2.78. The van der Waals surface area contributed by atoms with Crippen LogP contribution in [0.25, 0.3) is 0 Å². The molecule has 2 heterocycles. The molecule has 1 aliphatic rings. The van der Waals surface area contributed by atoms with Crippen molar-refractivity contribution in [3.05, 3.63) is 16.1 Å². The molecule has 1 aromatic heterocycles. The van der Waals surface area contributed by atoms with Gasteiger partial charge >= 0.3 is 0 Å². The summed E-state index contributed by atoms with van der Waals surface area (Å²) in [4.78, 5) is 7.00. The molecule has 2 N–H and O–H groups in total. The molecule has 0 bridgehead atoms. The molecule has 0 radical (unpaired) electrons. The molecule has 2 unspecified atom stereocenters. The van der Waals surface area contributed by atoms with E-state index in [0.29, 0.717) is 6.04 Å². The zero-order chi connectivity index (χ0) is 12.4. The predicted octanol–water partition coefficient (Wildman–Crippen LogP) is 1.94. The smallest absolute Gasteiger partial charge is 0.123 e. The lowest BCUT2D eigenvalue weighted by Gasteiger charge is -2.34. The van der Waals surface area contributed by atoms with Gasteiger partial charge in [0, 0.05) is 30.6 Å². The molecule has 2 atom stereocenters. The van der Waals surface area contributed by atoms with Crippen LogP contribution in [-0.4, -0.2) is 35.6 Å². The van der Waals surface area contributed by atoms with Gasteiger partial charge in [-0.2, -0.15) is 0 Å². The maximum Gasteiger partial charge on any atom is 0.123 e. The summed E-state index contributed by atoms with van der Waals surface area (Å²) in [7, 11) is 0. The second kappa shape index (κ2) is 5.44. The molecule has 4 nitrogen and oxygen atoms in total. The Morgan fingerprint density at radius 3 is 2.88 bits per heavy atom. The van der Waals surface area contributed by atoms with Crippen LogP contribution in [0.5, 0.6) is 0 Å². The highest BCUT2D eigenvalue weighted by Gasteiger charge is 2.25. The fourth-order valence-corrected chi connectivity index (χ4v) is 2.91. The Morgan fingerprint density at radius 1 is 1.53 bits per heavy atom. The van der Waals surface area contributed by atoms with Crippen molar-refractivity contribution in [2.24, 2.45) is 5.73 Å². The molecule has 1 aliphatic heterocycles. The van der Waals surface area contributed by atoms with Gasteiger partial charge in [0.2, 0.25) is 0 Å². The number of hydrogen-bond donors (Lipinski definition) is 1. The van der Waals surface area contributed by atoms with E-state index >= 15 is 0 Å². The van der Waals surface area contributed by atoms with Gasteiger partial charge in [-0.3, -0.25) is 4.90 Å². The van der Waals surface area contributed by atoms with Crippen molar-refractivity contribution in [2.45, 2.75) is 39.0 Å². The highest BCUT2D eigenvalue weighted by molar-refractivity contribution is 7.09. The maximum absolute atomic E-state index is 5.83. The number of thiazole rings is 1. The zero-order valence-corrected chi connectivity index (χ0v) is 11.5. The highest BCUT2D eigenvalue weighted by Crippen LogP contribution is 2.27. The van der Waals surface area contributed by atoms with E-state index in [1.165, 1.54) is 0 Å². The van der Waals surface area contributed by atoms with Gasteiger partial charge in [0.15, 0.2) is 0 Å². The number of aromatic nitrogens is 1. The van der Waals surface area contributed by atoms with Crippen LogP contribution in [0.2, 0.25) is 0 Å². The third kappa shape index (κ3) is 3.04.